The summed E-state index contributed by atoms with van der Waals surface area (Å²) in [5.74, 6) is 0.701. The van der Waals surface area contributed by atoms with Crippen LogP contribution in [0.2, 0.25) is 0 Å². The fraction of sp³-hybridized carbons (Fsp3) is 0.114. The van der Waals surface area contributed by atoms with E-state index in [1.165, 1.54) is 12.1 Å². The molecule has 4 aromatic carbocycles. The van der Waals surface area contributed by atoms with E-state index in [1.807, 2.05) is 79.3 Å². The monoisotopic (exact) mass is 570 g/mol. The zero-order valence-electron chi connectivity index (χ0n) is 23.8. The van der Waals surface area contributed by atoms with Gasteiger partial charge in [-0.3, -0.25) is 5.32 Å². The third-order valence-electron chi connectivity index (χ3n) is 7.65. The molecule has 0 aliphatic rings. The average molecular weight is 571 g/mol. The summed E-state index contributed by atoms with van der Waals surface area (Å²) in [6.07, 6.45) is 1.72. The van der Waals surface area contributed by atoms with Gasteiger partial charge >= 0.3 is 6.03 Å². The highest BCUT2D eigenvalue weighted by molar-refractivity contribution is 5.95. The van der Waals surface area contributed by atoms with Crippen molar-refractivity contribution in [3.8, 4) is 0 Å². The van der Waals surface area contributed by atoms with E-state index in [9.17, 15) is 9.18 Å². The molecule has 2 heterocycles. The zero-order valence-corrected chi connectivity index (χ0v) is 23.8. The van der Waals surface area contributed by atoms with Crippen LogP contribution in [0.15, 0.2) is 128 Å². The van der Waals surface area contributed by atoms with E-state index >= 15 is 0 Å². The van der Waals surface area contributed by atoms with Crippen molar-refractivity contribution in [2.24, 2.45) is 0 Å². The third kappa shape index (κ3) is 5.19. The fourth-order valence-corrected chi connectivity index (χ4v) is 5.61. The summed E-state index contributed by atoms with van der Waals surface area (Å²) in [4.78, 5) is 17.6. The van der Waals surface area contributed by atoms with E-state index in [0.717, 1.165) is 33.2 Å². The van der Waals surface area contributed by atoms with Gasteiger partial charge in [0, 0.05) is 19.3 Å². The number of halogens is 1. The number of hydrogen-bond donors (Lipinski definition) is 3. The molecule has 214 valence electrons. The van der Waals surface area contributed by atoms with Crippen LogP contribution in [0, 0.1) is 5.82 Å². The van der Waals surface area contributed by atoms with Crippen molar-refractivity contribution in [1.82, 2.24) is 20.1 Å². The second-order valence-corrected chi connectivity index (χ2v) is 10.3. The minimum absolute atomic E-state index is 0.326. The van der Waals surface area contributed by atoms with Gasteiger partial charge in [-0.05, 0) is 41.3 Å². The van der Waals surface area contributed by atoms with E-state index in [2.05, 4.69) is 57.3 Å². The lowest BCUT2D eigenvalue weighted by molar-refractivity contribution is 0.249. The second kappa shape index (κ2) is 11.8. The van der Waals surface area contributed by atoms with Crippen molar-refractivity contribution in [1.29, 1.82) is 0 Å². The van der Waals surface area contributed by atoms with E-state index in [1.54, 1.807) is 18.3 Å². The van der Waals surface area contributed by atoms with Crippen molar-refractivity contribution >= 4 is 28.6 Å². The van der Waals surface area contributed by atoms with Crippen LogP contribution < -0.4 is 16.0 Å². The molecule has 0 aliphatic heterocycles. The number of aromatic nitrogens is 3. The number of carbonyl (C=O) groups is 1. The van der Waals surface area contributed by atoms with Crippen LogP contribution in [0.4, 0.5) is 20.8 Å². The Hall–Kier alpha value is -5.50. The average Bonchev–Trinajstić information content (AvgIpc) is 3.41. The first-order valence-corrected chi connectivity index (χ1v) is 14.1. The molecule has 0 spiro atoms. The lowest BCUT2D eigenvalue weighted by atomic mass is 9.77. The normalized spacial score (nSPS) is 12.1. The van der Waals surface area contributed by atoms with Crippen molar-refractivity contribution in [3.63, 3.8) is 0 Å². The predicted molar refractivity (Wildman–Crippen MR) is 169 cm³/mol. The van der Waals surface area contributed by atoms with Crippen molar-refractivity contribution in [2.45, 2.75) is 18.5 Å². The Morgan fingerprint density at radius 2 is 1.35 bits per heavy atom. The number of pyridine rings is 1. The standard InChI is InChI=1S/C35H31FN6O/c1-24(25-18-20-29(36)21-19-25)39-34(43)40-32-22-31-30(23-38-32)33(37-2)41-42(31)35(26-12-6-3-7-13-26,27-14-8-4-9-15-27)28-16-10-5-11-17-28/h3-24H,1-2H3,(H,37,41)(H2,38,39,40,43)/t24-/m1/s1. The smallest absolute Gasteiger partial charge is 0.320 e. The molecule has 0 saturated carbocycles. The molecule has 6 aromatic rings. The number of rotatable bonds is 8. The van der Waals surface area contributed by atoms with Crippen LogP contribution >= 0.6 is 0 Å². The molecule has 1 atom stereocenters. The maximum Gasteiger partial charge on any atom is 0.320 e. The Morgan fingerprint density at radius 1 is 0.814 bits per heavy atom. The minimum Gasteiger partial charge on any atom is -0.371 e. The summed E-state index contributed by atoms with van der Waals surface area (Å²) < 4.78 is 15.4. The Kier molecular flexibility index (Phi) is 7.57. The highest BCUT2D eigenvalue weighted by Gasteiger charge is 2.41. The summed E-state index contributed by atoms with van der Waals surface area (Å²) in [5.41, 5.74) is 3.78. The van der Waals surface area contributed by atoms with Gasteiger partial charge in [0.15, 0.2) is 5.82 Å². The molecule has 3 N–H and O–H groups in total. The molecule has 0 radical (unpaired) electrons. The Labute approximate surface area is 249 Å². The highest BCUT2D eigenvalue weighted by atomic mass is 19.1. The lowest BCUT2D eigenvalue weighted by Crippen LogP contribution is -2.38. The molecular formula is C35H31FN6O. The highest BCUT2D eigenvalue weighted by Crippen LogP contribution is 2.43. The van der Waals surface area contributed by atoms with Gasteiger partial charge in [0.1, 0.15) is 17.2 Å². The van der Waals surface area contributed by atoms with Crippen LogP contribution in [0.1, 0.15) is 35.2 Å². The molecule has 0 bridgehead atoms. The SMILES string of the molecule is CNc1nn(C(c2ccccc2)(c2ccccc2)c2ccccc2)c2cc(NC(=O)N[C@H](C)c3ccc(F)cc3)ncc12. The molecule has 2 aromatic heterocycles. The van der Waals surface area contributed by atoms with E-state index in [4.69, 9.17) is 5.10 Å². The van der Waals surface area contributed by atoms with E-state index < -0.39 is 11.6 Å². The maximum absolute atomic E-state index is 13.4. The van der Waals surface area contributed by atoms with Crippen LogP contribution in [0.25, 0.3) is 10.9 Å². The van der Waals surface area contributed by atoms with Gasteiger partial charge in [-0.2, -0.15) is 5.10 Å². The fourth-order valence-electron chi connectivity index (χ4n) is 5.61. The first-order chi connectivity index (χ1) is 21.0. The van der Waals surface area contributed by atoms with E-state index in [0.29, 0.717) is 11.6 Å². The molecule has 0 unspecified atom stereocenters. The second-order valence-electron chi connectivity index (χ2n) is 10.3. The third-order valence-corrected chi connectivity index (χ3v) is 7.65. The number of benzene rings is 4. The molecule has 0 fully saturated rings. The van der Waals surface area contributed by atoms with E-state index in [-0.39, 0.29) is 11.9 Å². The summed E-state index contributed by atoms with van der Waals surface area (Å²) >= 11 is 0. The molecule has 2 amide bonds. The quantitative estimate of drug-likeness (QED) is 0.167. The molecule has 7 nitrogen and oxygen atoms in total. The number of carbonyl (C=O) groups excluding carboxylic acids is 1. The molecular weight excluding hydrogens is 539 g/mol. The topological polar surface area (TPSA) is 83.9 Å². The van der Waals surface area contributed by atoms with Crippen LogP contribution in [-0.2, 0) is 5.54 Å². The summed E-state index contributed by atoms with van der Waals surface area (Å²) in [7, 11) is 1.83. The molecule has 43 heavy (non-hydrogen) atoms. The first kappa shape index (κ1) is 27.7. The number of amides is 2. The molecule has 8 heteroatoms. The van der Waals surface area contributed by atoms with Gasteiger partial charge in [0.05, 0.1) is 16.9 Å². The van der Waals surface area contributed by atoms with Crippen molar-refractivity contribution < 1.29 is 9.18 Å². The van der Waals surface area contributed by atoms with Crippen LogP contribution in [0.3, 0.4) is 0 Å². The lowest BCUT2D eigenvalue weighted by Gasteiger charge is -2.37. The number of hydrogen-bond acceptors (Lipinski definition) is 4. The molecule has 0 aliphatic carbocycles. The van der Waals surface area contributed by atoms with Gasteiger partial charge in [-0.25, -0.2) is 18.9 Å². The molecule has 0 saturated heterocycles. The van der Waals surface area contributed by atoms with Crippen molar-refractivity contribution in [3.05, 3.63) is 156 Å². The number of urea groups is 1. The Balaban J connectivity index is 1.49. The summed E-state index contributed by atoms with van der Waals surface area (Å²) in [6, 6.07) is 38.0. The van der Waals surface area contributed by atoms with Crippen LogP contribution in [-0.4, -0.2) is 27.8 Å². The van der Waals surface area contributed by atoms with Gasteiger partial charge in [-0.1, -0.05) is 103 Å². The van der Waals surface area contributed by atoms with Gasteiger partial charge in [0.2, 0.25) is 0 Å². The first-order valence-electron chi connectivity index (χ1n) is 14.1. The minimum atomic E-state index is -0.852. The summed E-state index contributed by atoms with van der Waals surface area (Å²) in [6.45, 7) is 1.84. The number of fused-ring (bicyclic) bond motifs is 1. The van der Waals surface area contributed by atoms with Gasteiger partial charge in [0.25, 0.3) is 0 Å². The number of anilines is 2. The predicted octanol–water partition coefficient (Wildman–Crippen LogP) is 7.34. The zero-order chi connectivity index (χ0) is 29.8. The van der Waals surface area contributed by atoms with Gasteiger partial charge in [-0.15, -0.1) is 0 Å². The number of nitrogens with zero attached hydrogens (tertiary/aromatic N) is 3. The van der Waals surface area contributed by atoms with Gasteiger partial charge < -0.3 is 10.6 Å². The number of nitrogens with one attached hydrogen (secondary N) is 3. The van der Waals surface area contributed by atoms with Crippen LogP contribution in [0.5, 0.6) is 0 Å². The molecule has 6 rings (SSSR count). The Morgan fingerprint density at radius 3 is 1.86 bits per heavy atom. The maximum atomic E-state index is 13.4. The Bertz CT molecular complexity index is 1740. The summed E-state index contributed by atoms with van der Waals surface area (Å²) in [5, 5.41) is 14.9. The van der Waals surface area contributed by atoms with Crippen molar-refractivity contribution in [2.75, 3.05) is 17.7 Å². The largest absolute Gasteiger partial charge is 0.371 e.